The van der Waals surface area contributed by atoms with Crippen molar-refractivity contribution in [1.29, 1.82) is 0 Å². The number of nitrogens with zero attached hydrogens (tertiary/aromatic N) is 4. The lowest BCUT2D eigenvalue weighted by Gasteiger charge is -2.11. The Morgan fingerprint density at radius 2 is 2.39 bits per heavy atom. The third-order valence-electron chi connectivity index (χ3n) is 2.70. The molecule has 0 aliphatic carbocycles. The third kappa shape index (κ3) is 2.85. The van der Waals surface area contributed by atoms with E-state index in [1.165, 1.54) is 0 Å². The van der Waals surface area contributed by atoms with Gasteiger partial charge in [0, 0.05) is 0 Å². The van der Waals surface area contributed by atoms with Crippen molar-refractivity contribution in [2.45, 2.75) is 39.0 Å². The zero-order valence-corrected chi connectivity index (χ0v) is 10.8. The molecule has 1 saturated heterocycles. The SMILES string of the molecule is CC(C)=NO[C@H](C)c1cn([C@@H]2COC[C@H]2O)nn1. The van der Waals surface area contributed by atoms with Crippen molar-refractivity contribution >= 4 is 5.71 Å². The van der Waals surface area contributed by atoms with Crippen molar-refractivity contribution in [3.05, 3.63) is 11.9 Å². The summed E-state index contributed by atoms with van der Waals surface area (Å²) in [7, 11) is 0. The van der Waals surface area contributed by atoms with Crippen molar-refractivity contribution < 1.29 is 14.7 Å². The second kappa shape index (κ2) is 5.45. The van der Waals surface area contributed by atoms with Crippen LogP contribution in [0.1, 0.15) is 38.6 Å². The van der Waals surface area contributed by atoms with Gasteiger partial charge in [0.15, 0.2) is 6.10 Å². The molecule has 1 aromatic rings. The first-order valence-electron chi connectivity index (χ1n) is 5.92. The van der Waals surface area contributed by atoms with Gasteiger partial charge in [-0.05, 0) is 20.8 Å². The Morgan fingerprint density at radius 3 is 3.00 bits per heavy atom. The van der Waals surface area contributed by atoms with Crippen LogP contribution in [0.5, 0.6) is 0 Å². The van der Waals surface area contributed by atoms with Crippen LogP contribution in [0.3, 0.4) is 0 Å². The summed E-state index contributed by atoms with van der Waals surface area (Å²) in [6.07, 6.45) is 0.952. The molecule has 0 amide bonds. The van der Waals surface area contributed by atoms with Gasteiger partial charge in [0.1, 0.15) is 17.8 Å². The lowest BCUT2D eigenvalue weighted by molar-refractivity contribution is 0.0689. The maximum Gasteiger partial charge on any atom is 0.169 e. The maximum absolute atomic E-state index is 9.70. The molecule has 18 heavy (non-hydrogen) atoms. The van der Waals surface area contributed by atoms with Crippen LogP contribution >= 0.6 is 0 Å². The van der Waals surface area contributed by atoms with E-state index in [9.17, 15) is 5.11 Å². The van der Waals surface area contributed by atoms with Crippen LogP contribution < -0.4 is 0 Å². The van der Waals surface area contributed by atoms with Gasteiger partial charge in [-0.15, -0.1) is 5.10 Å². The van der Waals surface area contributed by atoms with Crippen LogP contribution in [0.15, 0.2) is 11.4 Å². The fraction of sp³-hybridized carbons (Fsp3) is 0.727. The molecule has 1 aliphatic heterocycles. The average Bonchev–Trinajstić information content (AvgIpc) is 2.93. The first-order chi connectivity index (χ1) is 8.58. The summed E-state index contributed by atoms with van der Waals surface area (Å²) in [6, 6.07) is -0.171. The smallest absolute Gasteiger partial charge is 0.169 e. The van der Waals surface area contributed by atoms with E-state index in [0.717, 1.165) is 5.71 Å². The van der Waals surface area contributed by atoms with E-state index in [4.69, 9.17) is 9.57 Å². The molecule has 2 rings (SSSR count). The van der Waals surface area contributed by atoms with Crippen molar-refractivity contribution in [3.8, 4) is 0 Å². The van der Waals surface area contributed by atoms with Gasteiger partial charge in [-0.25, -0.2) is 4.68 Å². The molecule has 0 saturated carbocycles. The largest absolute Gasteiger partial charge is 0.388 e. The molecule has 1 aliphatic rings. The topological polar surface area (TPSA) is 81.8 Å². The van der Waals surface area contributed by atoms with Gasteiger partial charge in [0.25, 0.3) is 0 Å². The maximum atomic E-state index is 9.70. The summed E-state index contributed by atoms with van der Waals surface area (Å²) >= 11 is 0. The van der Waals surface area contributed by atoms with E-state index >= 15 is 0 Å². The molecule has 1 N–H and O–H groups in total. The number of rotatable bonds is 4. The summed E-state index contributed by atoms with van der Waals surface area (Å²) in [5, 5.41) is 21.6. The number of aliphatic hydroxyl groups is 1. The lowest BCUT2D eigenvalue weighted by atomic mass is 10.2. The van der Waals surface area contributed by atoms with Gasteiger partial charge in [-0.3, -0.25) is 0 Å². The van der Waals surface area contributed by atoms with E-state index in [-0.39, 0.29) is 12.1 Å². The average molecular weight is 254 g/mol. The molecule has 1 fully saturated rings. The van der Waals surface area contributed by atoms with Crippen LogP contribution in [0.25, 0.3) is 0 Å². The summed E-state index contributed by atoms with van der Waals surface area (Å²) in [5.74, 6) is 0. The van der Waals surface area contributed by atoms with Gasteiger partial charge >= 0.3 is 0 Å². The highest BCUT2D eigenvalue weighted by Gasteiger charge is 2.29. The second-order valence-corrected chi connectivity index (χ2v) is 4.58. The fourth-order valence-electron chi connectivity index (χ4n) is 1.66. The van der Waals surface area contributed by atoms with E-state index in [1.54, 1.807) is 10.9 Å². The zero-order valence-electron chi connectivity index (χ0n) is 10.8. The van der Waals surface area contributed by atoms with Gasteiger partial charge in [-0.1, -0.05) is 10.4 Å². The Hall–Kier alpha value is -1.47. The van der Waals surface area contributed by atoms with Crippen LogP contribution in [0.2, 0.25) is 0 Å². The van der Waals surface area contributed by atoms with E-state index in [2.05, 4.69) is 15.5 Å². The van der Waals surface area contributed by atoms with Crippen LogP contribution in [0, 0.1) is 0 Å². The highest BCUT2D eigenvalue weighted by Crippen LogP contribution is 2.21. The van der Waals surface area contributed by atoms with Crippen LogP contribution in [-0.4, -0.2) is 45.1 Å². The number of aliphatic hydroxyl groups excluding tert-OH is 1. The first-order valence-corrected chi connectivity index (χ1v) is 5.92. The predicted octanol–water partition coefficient (Wildman–Crippen LogP) is 0.684. The lowest BCUT2D eigenvalue weighted by Crippen LogP contribution is -2.22. The summed E-state index contributed by atoms with van der Waals surface area (Å²) < 4.78 is 6.80. The first kappa shape index (κ1) is 13.0. The minimum Gasteiger partial charge on any atom is -0.388 e. The van der Waals surface area contributed by atoms with E-state index in [1.807, 2.05) is 20.8 Å². The quantitative estimate of drug-likeness (QED) is 0.631. The molecular weight excluding hydrogens is 236 g/mol. The number of oxime groups is 1. The molecule has 100 valence electrons. The molecule has 0 bridgehead atoms. The van der Waals surface area contributed by atoms with Gasteiger partial charge < -0.3 is 14.7 Å². The minimum absolute atomic E-state index is 0.171. The molecular formula is C11H18N4O3. The van der Waals surface area contributed by atoms with Crippen molar-refractivity contribution in [2.75, 3.05) is 13.2 Å². The van der Waals surface area contributed by atoms with Gasteiger partial charge in [0.2, 0.25) is 0 Å². The fourth-order valence-corrected chi connectivity index (χ4v) is 1.66. The molecule has 0 spiro atoms. The summed E-state index contributed by atoms with van der Waals surface area (Å²) in [5.41, 5.74) is 1.52. The number of hydrogen-bond acceptors (Lipinski definition) is 6. The number of hydrogen-bond donors (Lipinski definition) is 1. The number of aromatic nitrogens is 3. The Kier molecular flexibility index (Phi) is 3.93. The van der Waals surface area contributed by atoms with E-state index < -0.39 is 6.10 Å². The molecule has 0 aromatic carbocycles. The Labute approximate surface area is 105 Å². The molecule has 0 unspecified atom stereocenters. The molecule has 2 heterocycles. The summed E-state index contributed by atoms with van der Waals surface area (Å²) in [6.45, 7) is 6.35. The predicted molar refractivity (Wildman–Crippen MR) is 64.2 cm³/mol. The van der Waals surface area contributed by atoms with Crippen LogP contribution in [0.4, 0.5) is 0 Å². The Bertz CT molecular complexity index is 428. The minimum atomic E-state index is -0.535. The normalized spacial score (nSPS) is 24.9. The van der Waals surface area contributed by atoms with Crippen molar-refractivity contribution in [1.82, 2.24) is 15.0 Å². The second-order valence-electron chi connectivity index (χ2n) is 4.58. The monoisotopic (exact) mass is 254 g/mol. The van der Waals surface area contributed by atoms with Crippen molar-refractivity contribution in [3.63, 3.8) is 0 Å². The van der Waals surface area contributed by atoms with E-state index in [0.29, 0.717) is 18.9 Å². The zero-order chi connectivity index (χ0) is 13.1. The highest BCUT2D eigenvalue weighted by molar-refractivity contribution is 5.78. The Morgan fingerprint density at radius 1 is 1.61 bits per heavy atom. The number of ether oxygens (including phenoxy) is 1. The molecule has 7 heteroatoms. The molecule has 0 radical (unpaired) electrons. The van der Waals surface area contributed by atoms with Crippen molar-refractivity contribution in [2.24, 2.45) is 5.16 Å². The Balaban J connectivity index is 2.03. The van der Waals surface area contributed by atoms with Crippen LogP contribution in [-0.2, 0) is 9.57 Å². The highest BCUT2D eigenvalue weighted by atomic mass is 16.6. The molecule has 7 nitrogen and oxygen atoms in total. The standard InChI is InChI=1S/C11H18N4O3/c1-7(2)13-18-8(3)9-4-15(14-12-9)10-5-17-6-11(10)16/h4,8,10-11,16H,5-6H2,1-3H3/t8-,10-,11-/m1/s1. The third-order valence-corrected chi connectivity index (χ3v) is 2.70. The van der Waals surface area contributed by atoms with Gasteiger partial charge in [0.05, 0.1) is 25.1 Å². The van der Waals surface area contributed by atoms with Gasteiger partial charge in [-0.2, -0.15) is 0 Å². The molecule has 3 atom stereocenters. The molecule has 1 aromatic heterocycles. The summed E-state index contributed by atoms with van der Waals surface area (Å²) in [4.78, 5) is 5.27.